The SMILES string of the molecule is Cc1cccc(N(C)S(=O)(=O)c2c[nH]c(CN)c2)c1. The Morgan fingerprint density at radius 2 is 2.05 bits per heavy atom. The first kappa shape index (κ1) is 13.6. The van der Waals surface area contributed by atoms with Gasteiger partial charge in [0.2, 0.25) is 0 Å². The maximum atomic E-state index is 12.4. The van der Waals surface area contributed by atoms with Crippen molar-refractivity contribution in [2.45, 2.75) is 18.4 Å². The fourth-order valence-electron chi connectivity index (χ4n) is 1.81. The van der Waals surface area contributed by atoms with Crippen molar-refractivity contribution in [3.63, 3.8) is 0 Å². The van der Waals surface area contributed by atoms with Gasteiger partial charge in [0.25, 0.3) is 10.0 Å². The lowest BCUT2D eigenvalue weighted by atomic mass is 10.2. The summed E-state index contributed by atoms with van der Waals surface area (Å²) < 4.78 is 26.1. The lowest BCUT2D eigenvalue weighted by molar-refractivity contribution is 0.594. The molecule has 2 rings (SSSR count). The molecule has 1 aromatic heterocycles. The highest BCUT2D eigenvalue weighted by atomic mass is 32.2. The third kappa shape index (κ3) is 2.64. The Hall–Kier alpha value is -1.79. The van der Waals surface area contributed by atoms with Crippen LogP contribution in [0.5, 0.6) is 0 Å². The summed E-state index contributed by atoms with van der Waals surface area (Å²) in [6, 6.07) is 8.91. The summed E-state index contributed by atoms with van der Waals surface area (Å²) in [6.45, 7) is 2.20. The van der Waals surface area contributed by atoms with Gasteiger partial charge < -0.3 is 10.7 Å². The van der Waals surface area contributed by atoms with E-state index < -0.39 is 10.0 Å². The molecule has 0 bridgehead atoms. The van der Waals surface area contributed by atoms with Crippen molar-refractivity contribution in [3.05, 3.63) is 47.8 Å². The zero-order valence-electron chi connectivity index (χ0n) is 10.9. The first-order valence-electron chi connectivity index (χ1n) is 5.88. The molecule has 0 aliphatic heterocycles. The minimum atomic E-state index is -3.55. The van der Waals surface area contributed by atoms with Gasteiger partial charge in [0, 0.05) is 25.5 Å². The van der Waals surface area contributed by atoms with Crippen LogP contribution in [-0.4, -0.2) is 20.4 Å². The van der Waals surface area contributed by atoms with Gasteiger partial charge in [-0.2, -0.15) is 0 Å². The summed E-state index contributed by atoms with van der Waals surface area (Å²) in [5.74, 6) is 0. The van der Waals surface area contributed by atoms with Crippen LogP contribution in [0.25, 0.3) is 0 Å². The standard InChI is InChI=1S/C13H17N3O2S/c1-10-4-3-5-12(6-10)16(2)19(17,18)13-7-11(8-14)15-9-13/h3-7,9,15H,8,14H2,1-2H3. The van der Waals surface area contributed by atoms with Crippen LogP contribution in [0.3, 0.4) is 0 Å². The number of benzene rings is 1. The van der Waals surface area contributed by atoms with E-state index in [2.05, 4.69) is 4.98 Å². The van der Waals surface area contributed by atoms with Gasteiger partial charge in [0.1, 0.15) is 4.90 Å². The van der Waals surface area contributed by atoms with Gasteiger partial charge in [0.05, 0.1) is 5.69 Å². The predicted molar refractivity (Wildman–Crippen MR) is 75.5 cm³/mol. The van der Waals surface area contributed by atoms with Crippen molar-refractivity contribution >= 4 is 15.7 Å². The molecular formula is C13H17N3O2S. The summed E-state index contributed by atoms with van der Waals surface area (Å²) in [5, 5.41) is 0. The summed E-state index contributed by atoms with van der Waals surface area (Å²) in [7, 11) is -2.01. The second-order valence-corrected chi connectivity index (χ2v) is 6.35. The molecule has 0 spiro atoms. The third-order valence-corrected chi connectivity index (χ3v) is 4.72. The lowest BCUT2D eigenvalue weighted by Crippen LogP contribution is -2.26. The van der Waals surface area contributed by atoms with E-state index in [-0.39, 0.29) is 11.4 Å². The summed E-state index contributed by atoms with van der Waals surface area (Å²) in [5.41, 5.74) is 7.81. The zero-order chi connectivity index (χ0) is 14.0. The zero-order valence-corrected chi connectivity index (χ0v) is 11.7. The molecule has 1 heterocycles. The highest BCUT2D eigenvalue weighted by molar-refractivity contribution is 7.92. The number of nitrogens with two attached hydrogens (primary N) is 1. The van der Waals surface area contributed by atoms with Crippen molar-refractivity contribution in [1.29, 1.82) is 0 Å². The Balaban J connectivity index is 2.39. The van der Waals surface area contributed by atoms with E-state index in [0.29, 0.717) is 11.4 Å². The average molecular weight is 279 g/mol. The molecule has 0 aliphatic carbocycles. The maximum absolute atomic E-state index is 12.4. The molecule has 0 unspecified atom stereocenters. The lowest BCUT2D eigenvalue weighted by Gasteiger charge is -2.19. The van der Waals surface area contributed by atoms with Gasteiger partial charge in [0.15, 0.2) is 0 Å². The van der Waals surface area contributed by atoms with Crippen LogP contribution in [0.2, 0.25) is 0 Å². The van der Waals surface area contributed by atoms with E-state index in [4.69, 9.17) is 5.73 Å². The van der Waals surface area contributed by atoms with Crippen LogP contribution in [0.15, 0.2) is 41.4 Å². The van der Waals surface area contributed by atoms with E-state index in [1.165, 1.54) is 10.5 Å². The molecule has 2 aromatic rings. The van der Waals surface area contributed by atoms with Gasteiger partial charge >= 0.3 is 0 Å². The van der Waals surface area contributed by atoms with Gasteiger partial charge in [-0.05, 0) is 30.7 Å². The molecule has 1 aromatic carbocycles. The van der Waals surface area contributed by atoms with Crippen LogP contribution in [0.1, 0.15) is 11.3 Å². The molecular weight excluding hydrogens is 262 g/mol. The molecule has 0 atom stereocenters. The van der Waals surface area contributed by atoms with Gasteiger partial charge in [-0.1, -0.05) is 12.1 Å². The minimum absolute atomic E-state index is 0.219. The molecule has 0 saturated carbocycles. The Morgan fingerprint density at radius 1 is 1.32 bits per heavy atom. The van der Waals surface area contributed by atoms with E-state index in [1.807, 2.05) is 25.1 Å². The summed E-state index contributed by atoms with van der Waals surface area (Å²) in [6.07, 6.45) is 1.46. The first-order chi connectivity index (χ1) is 8.95. The number of hydrogen-bond donors (Lipinski definition) is 2. The smallest absolute Gasteiger partial charge is 0.265 e. The number of rotatable bonds is 4. The van der Waals surface area contributed by atoms with E-state index >= 15 is 0 Å². The average Bonchev–Trinajstić information content (AvgIpc) is 2.87. The second-order valence-electron chi connectivity index (χ2n) is 4.38. The Morgan fingerprint density at radius 3 is 2.63 bits per heavy atom. The quantitative estimate of drug-likeness (QED) is 0.892. The number of aromatic amines is 1. The van der Waals surface area contributed by atoms with Crippen molar-refractivity contribution in [2.75, 3.05) is 11.4 Å². The largest absolute Gasteiger partial charge is 0.363 e. The number of nitrogens with one attached hydrogen (secondary N) is 1. The summed E-state index contributed by atoms with van der Waals surface area (Å²) >= 11 is 0. The fraction of sp³-hybridized carbons (Fsp3) is 0.231. The molecule has 19 heavy (non-hydrogen) atoms. The monoisotopic (exact) mass is 279 g/mol. The summed E-state index contributed by atoms with van der Waals surface area (Å²) in [4.78, 5) is 3.07. The Kier molecular flexibility index (Phi) is 3.64. The highest BCUT2D eigenvalue weighted by Crippen LogP contribution is 2.23. The van der Waals surface area contributed by atoms with Crippen LogP contribution in [-0.2, 0) is 16.6 Å². The molecule has 0 saturated heterocycles. The number of anilines is 1. The maximum Gasteiger partial charge on any atom is 0.265 e. The molecule has 0 radical (unpaired) electrons. The Bertz CT molecular complexity index is 677. The van der Waals surface area contributed by atoms with Crippen molar-refractivity contribution in [2.24, 2.45) is 5.73 Å². The van der Waals surface area contributed by atoms with E-state index in [9.17, 15) is 8.42 Å². The molecule has 0 fully saturated rings. The fourth-order valence-corrected chi connectivity index (χ4v) is 3.01. The van der Waals surface area contributed by atoms with Gasteiger partial charge in [-0.3, -0.25) is 4.31 Å². The number of aryl methyl sites for hydroxylation is 1. The first-order valence-corrected chi connectivity index (χ1v) is 7.32. The third-order valence-electron chi connectivity index (χ3n) is 2.96. The normalized spacial score (nSPS) is 11.5. The van der Waals surface area contributed by atoms with E-state index in [0.717, 1.165) is 5.56 Å². The molecule has 3 N–H and O–H groups in total. The van der Waals surface area contributed by atoms with Crippen LogP contribution >= 0.6 is 0 Å². The topological polar surface area (TPSA) is 79.2 Å². The molecule has 102 valence electrons. The van der Waals surface area contributed by atoms with E-state index in [1.54, 1.807) is 19.2 Å². The molecule has 0 aliphatic rings. The van der Waals surface area contributed by atoms with Crippen molar-refractivity contribution < 1.29 is 8.42 Å². The molecule has 6 heteroatoms. The van der Waals surface area contributed by atoms with Crippen molar-refractivity contribution in [1.82, 2.24) is 4.98 Å². The number of hydrogen-bond acceptors (Lipinski definition) is 3. The number of nitrogens with zero attached hydrogens (tertiary/aromatic N) is 1. The van der Waals surface area contributed by atoms with Crippen LogP contribution < -0.4 is 10.0 Å². The van der Waals surface area contributed by atoms with Crippen LogP contribution in [0, 0.1) is 6.92 Å². The van der Waals surface area contributed by atoms with Gasteiger partial charge in [-0.25, -0.2) is 8.42 Å². The number of sulfonamides is 1. The predicted octanol–water partition coefficient (Wildman–Crippen LogP) is 1.61. The molecule has 5 nitrogen and oxygen atoms in total. The Labute approximate surface area is 113 Å². The second kappa shape index (κ2) is 5.07. The molecule has 0 amide bonds. The number of aromatic nitrogens is 1. The van der Waals surface area contributed by atoms with Crippen molar-refractivity contribution in [3.8, 4) is 0 Å². The number of H-pyrrole nitrogens is 1. The van der Waals surface area contributed by atoms with Crippen LogP contribution in [0.4, 0.5) is 5.69 Å². The minimum Gasteiger partial charge on any atom is -0.363 e. The van der Waals surface area contributed by atoms with Gasteiger partial charge in [-0.15, -0.1) is 0 Å². The highest BCUT2D eigenvalue weighted by Gasteiger charge is 2.22.